The van der Waals surface area contributed by atoms with Crippen molar-refractivity contribution in [2.75, 3.05) is 32.7 Å². The molecular formula is C21H28Cl2N2O. The van der Waals surface area contributed by atoms with Crippen LogP contribution < -0.4 is 0 Å². The highest BCUT2D eigenvalue weighted by atomic mass is 35.5. The minimum atomic E-state index is 0. The average Bonchev–Trinajstić information content (AvgIpc) is 2.63. The Morgan fingerprint density at radius 1 is 0.923 bits per heavy atom. The van der Waals surface area contributed by atoms with E-state index in [4.69, 9.17) is 0 Å². The molecule has 3 nitrogen and oxygen atoms in total. The van der Waals surface area contributed by atoms with Crippen molar-refractivity contribution in [3.63, 3.8) is 0 Å². The molecule has 0 bridgehead atoms. The number of hydrogen-bond donors (Lipinski definition) is 0. The van der Waals surface area contributed by atoms with Crippen molar-refractivity contribution in [2.45, 2.75) is 19.9 Å². The van der Waals surface area contributed by atoms with Gasteiger partial charge in [0.05, 0.1) is 6.54 Å². The third-order valence-corrected chi connectivity index (χ3v) is 4.98. The number of carbonyl (C=O) groups excluding carboxylic acids is 1. The Hall–Kier alpha value is -1.39. The van der Waals surface area contributed by atoms with Crippen LogP contribution in [0.2, 0.25) is 0 Å². The van der Waals surface area contributed by atoms with E-state index in [1.54, 1.807) is 0 Å². The zero-order valence-electron chi connectivity index (χ0n) is 15.4. The first-order valence-corrected chi connectivity index (χ1v) is 8.75. The summed E-state index contributed by atoms with van der Waals surface area (Å²) in [4.78, 5) is 17.2. The quantitative estimate of drug-likeness (QED) is 0.702. The second-order valence-corrected chi connectivity index (χ2v) is 6.69. The van der Waals surface area contributed by atoms with Gasteiger partial charge in [-0.25, -0.2) is 0 Å². The Labute approximate surface area is 169 Å². The molecule has 1 atom stereocenters. The maximum absolute atomic E-state index is 12.4. The molecule has 0 saturated carbocycles. The first-order valence-electron chi connectivity index (χ1n) is 8.75. The Balaban J connectivity index is 0.00000169. The van der Waals surface area contributed by atoms with Crippen LogP contribution in [0.4, 0.5) is 0 Å². The SMILES string of the molecule is Cc1ccc(C(=O)CN2CCN(C(C)c3ccccc3)CC2)cc1.Cl.Cl. The summed E-state index contributed by atoms with van der Waals surface area (Å²) in [5.74, 6) is 0.222. The number of halogens is 2. The van der Waals surface area contributed by atoms with Gasteiger partial charge in [-0.3, -0.25) is 14.6 Å². The van der Waals surface area contributed by atoms with Crippen molar-refractivity contribution in [2.24, 2.45) is 0 Å². The van der Waals surface area contributed by atoms with Crippen LogP contribution in [-0.2, 0) is 0 Å². The molecule has 5 heteroatoms. The van der Waals surface area contributed by atoms with Crippen molar-refractivity contribution in [1.29, 1.82) is 0 Å². The molecule has 0 spiro atoms. The van der Waals surface area contributed by atoms with E-state index in [9.17, 15) is 4.79 Å². The van der Waals surface area contributed by atoms with Crippen LogP contribution in [0.25, 0.3) is 0 Å². The topological polar surface area (TPSA) is 23.6 Å². The highest BCUT2D eigenvalue weighted by molar-refractivity contribution is 5.97. The molecule has 0 aromatic heterocycles. The monoisotopic (exact) mass is 394 g/mol. The third kappa shape index (κ3) is 5.82. The zero-order chi connectivity index (χ0) is 16.9. The largest absolute Gasteiger partial charge is 0.294 e. The minimum absolute atomic E-state index is 0. The third-order valence-electron chi connectivity index (χ3n) is 4.98. The predicted octanol–water partition coefficient (Wildman–Crippen LogP) is 4.40. The molecule has 26 heavy (non-hydrogen) atoms. The lowest BCUT2D eigenvalue weighted by atomic mass is 10.1. The molecule has 1 unspecified atom stereocenters. The van der Waals surface area contributed by atoms with Gasteiger partial charge in [-0.1, -0.05) is 60.2 Å². The summed E-state index contributed by atoms with van der Waals surface area (Å²) in [5.41, 5.74) is 3.37. The molecule has 0 aliphatic carbocycles. The number of aryl methyl sites for hydroxylation is 1. The summed E-state index contributed by atoms with van der Waals surface area (Å²) < 4.78 is 0. The second kappa shape index (κ2) is 10.7. The van der Waals surface area contributed by atoms with Gasteiger partial charge < -0.3 is 0 Å². The number of carbonyl (C=O) groups is 1. The van der Waals surface area contributed by atoms with Gasteiger partial charge in [0, 0.05) is 37.8 Å². The number of nitrogens with zero attached hydrogens (tertiary/aromatic N) is 2. The molecule has 3 rings (SSSR count). The second-order valence-electron chi connectivity index (χ2n) is 6.69. The summed E-state index contributed by atoms with van der Waals surface area (Å²) in [6.07, 6.45) is 0. The lowest BCUT2D eigenvalue weighted by Crippen LogP contribution is -2.48. The van der Waals surface area contributed by atoms with Crippen LogP contribution in [0.1, 0.15) is 34.5 Å². The number of ketones is 1. The van der Waals surface area contributed by atoms with Crippen LogP contribution >= 0.6 is 24.8 Å². The molecule has 2 aromatic carbocycles. The summed E-state index contributed by atoms with van der Waals surface area (Å²) in [6.45, 7) is 8.76. The lowest BCUT2D eigenvalue weighted by Gasteiger charge is -2.38. The van der Waals surface area contributed by atoms with Crippen LogP contribution in [0.3, 0.4) is 0 Å². The van der Waals surface area contributed by atoms with Crippen molar-refractivity contribution in [3.8, 4) is 0 Å². The van der Waals surface area contributed by atoms with Gasteiger partial charge in [-0.15, -0.1) is 24.8 Å². The lowest BCUT2D eigenvalue weighted by molar-refractivity contribution is 0.0788. The molecule has 0 amide bonds. The average molecular weight is 395 g/mol. The maximum atomic E-state index is 12.4. The molecule has 142 valence electrons. The van der Waals surface area contributed by atoms with E-state index in [2.05, 4.69) is 47.1 Å². The molecule has 1 heterocycles. The van der Waals surface area contributed by atoms with Gasteiger partial charge >= 0.3 is 0 Å². The Morgan fingerprint density at radius 3 is 2.08 bits per heavy atom. The molecular weight excluding hydrogens is 367 g/mol. The number of rotatable bonds is 5. The number of hydrogen-bond acceptors (Lipinski definition) is 3. The van der Waals surface area contributed by atoms with Crippen molar-refractivity contribution in [1.82, 2.24) is 9.80 Å². The first kappa shape index (κ1) is 22.7. The van der Waals surface area contributed by atoms with Crippen LogP contribution in [-0.4, -0.2) is 48.3 Å². The van der Waals surface area contributed by atoms with E-state index in [1.807, 2.05) is 31.2 Å². The summed E-state index contributed by atoms with van der Waals surface area (Å²) in [5, 5.41) is 0. The smallest absolute Gasteiger partial charge is 0.176 e. The van der Waals surface area contributed by atoms with Gasteiger partial charge in [0.2, 0.25) is 0 Å². The van der Waals surface area contributed by atoms with Crippen molar-refractivity contribution < 1.29 is 4.79 Å². The van der Waals surface area contributed by atoms with Crippen molar-refractivity contribution in [3.05, 3.63) is 71.3 Å². The van der Waals surface area contributed by atoms with E-state index in [1.165, 1.54) is 11.1 Å². The number of benzene rings is 2. The van der Waals surface area contributed by atoms with Gasteiger partial charge in [-0.05, 0) is 19.4 Å². The van der Waals surface area contributed by atoms with E-state index in [0.29, 0.717) is 12.6 Å². The fraction of sp³-hybridized carbons (Fsp3) is 0.381. The van der Waals surface area contributed by atoms with E-state index >= 15 is 0 Å². The highest BCUT2D eigenvalue weighted by Crippen LogP contribution is 2.21. The fourth-order valence-electron chi connectivity index (χ4n) is 3.28. The standard InChI is InChI=1S/C21H26N2O.2ClH/c1-17-8-10-20(11-9-17)21(24)16-22-12-14-23(15-13-22)18(2)19-6-4-3-5-7-19;;/h3-11,18H,12-16H2,1-2H3;2*1H. The molecule has 1 aliphatic heterocycles. The summed E-state index contributed by atoms with van der Waals surface area (Å²) in [7, 11) is 0. The highest BCUT2D eigenvalue weighted by Gasteiger charge is 2.23. The van der Waals surface area contributed by atoms with Crippen LogP contribution in [0.15, 0.2) is 54.6 Å². The molecule has 1 saturated heterocycles. The Bertz CT molecular complexity index is 668. The molecule has 1 fully saturated rings. The zero-order valence-corrected chi connectivity index (χ0v) is 17.1. The predicted molar refractivity (Wildman–Crippen MR) is 113 cm³/mol. The van der Waals surface area contributed by atoms with E-state index in [-0.39, 0.29) is 30.6 Å². The van der Waals surface area contributed by atoms with Gasteiger partial charge in [0.1, 0.15) is 0 Å². The summed E-state index contributed by atoms with van der Waals surface area (Å²) >= 11 is 0. The fourth-order valence-corrected chi connectivity index (χ4v) is 3.28. The Kier molecular flexibility index (Phi) is 9.31. The molecule has 0 N–H and O–H groups in total. The first-order chi connectivity index (χ1) is 11.6. The van der Waals surface area contributed by atoms with Crippen LogP contribution in [0.5, 0.6) is 0 Å². The molecule has 2 aromatic rings. The van der Waals surface area contributed by atoms with E-state index in [0.717, 1.165) is 31.7 Å². The van der Waals surface area contributed by atoms with Gasteiger partial charge in [0.15, 0.2) is 5.78 Å². The van der Waals surface area contributed by atoms with Gasteiger partial charge in [-0.2, -0.15) is 0 Å². The van der Waals surface area contributed by atoms with Crippen LogP contribution in [0, 0.1) is 6.92 Å². The number of Topliss-reactive ketones (excluding diaryl/α,β-unsaturated/α-hetero) is 1. The normalized spacial score (nSPS) is 16.2. The summed E-state index contributed by atoms with van der Waals surface area (Å²) in [6, 6.07) is 19.0. The van der Waals surface area contributed by atoms with E-state index < -0.39 is 0 Å². The molecule has 0 radical (unpaired) electrons. The number of piperazine rings is 1. The van der Waals surface area contributed by atoms with Crippen molar-refractivity contribution >= 4 is 30.6 Å². The minimum Gasteiger partial charge on any atom is -0.294 e. The maximum Gasteiger partial charge on any atom is 0.176 e. The Morgan fingerprint density at radius 2 is 1.50 bits per heavy atom. The molecule has 1 aliphatic rings. The van der Waals surface area contributed by atoms with Gasteiger partial charge in [0.25, 0.3) is 0 Å².